The summed E-state index contributed by atoms with van der Waals surface area (Å²) in [7, 11) is 0. The standard InChI is InChI=1S/C14H18ClF2N/c1-8-3-2-4-9(5-8)14(18)10-6-13(17)11(15)7-12(10)16/h6-9,14H,2-5,18H2,1H3. The van der Waals surface area contributed by atoms with E-state index in [-0.39, 0.29) is 16.5 Å². The van der Waals surface area contributed by atoms with Crippen molar-refractivity contribution in [2.24, 2.45) is 17.6 Å². The van der Waals surface area contributed by atoms with Crippen LogP contribution in [0.3, 0.4) is 0 Å². The van der Waals surface area contributed by atoms with E-state index in [1.165, 1.54) is 6.42 Å². The summed E-state index contributed by atoms with van der Waals surface area (Å²) < 4.78 is 27.2. The number of nitrogens with two attached hydrogens (primary N) is 1. The molecule has 1 fully saturated rings. The van der Waals surface area contributed by atoms with Crippen molar-refractivity contribution in [3.8, 4) is 0 Å². The first-order valence-corrected chi connectivity index (χ1v) is 6.77. The van der Waals surface area contributed by atoms with Crippen LogP contribution in [0.1, 0.15) is 44.2 Å². The predicted molar refractivity (Wildman–Crippen MR) is 69.4 cm³/mol. The van der Waals surface area contributed by atoms with E-state index in [0.29, 0.717) is 5.92 Å². The van der Waals surface area contributed by atoms with E-state index < -0.39 is 17.7 Å². The third-order valence-corrected chi connectivity index (χ3v) is 4.17. The van der Waals surface area contributed by atoms with Crippen molar-refractivity contribution in [2.75, 3.05) is 0 Å². The zero-order valence-electron chi connectivity index (χ0n) is 10.4. The molecule has 1 nitrogen and oxygen atoms in total. The Morgan fingerprint density at radius 3 is 2.67 bits per heavy atom. The number of hydrogen-bond donors (Lipinski definition) is 1. The first kappa shape index (κ1) is 13.8. The fourth-order valence-corrected chi connectivity index (χ4v) is 3.00. The van der Waals surface area contributed by atoms with E-state index >= 15 is 0 Å². The molecular weight excluding hydrogens is 256 g/mol. The lowest BCUT2D eigenvalue weighted by Gasteiger charge is -2.31. The van der Waals surface area contributed by atoms with Gasteiger partial charge in [-0.15, -0.1) is 0 Å². The van der Waals surface area contributed by atoms with Crippen molar-refractivity contribution in [3.05, 3.63) is 34.4 Å². The maximum atomic E-state index is 13.8. The molecule has 0 amide bonds. The molecule has 3 atom stereocenters. The van der Waals surface area contributed by atoms with Gasteiger partial charge in [0.15, 0.2) is 0 Å². The van der Waals surface area contributed by atoms with Crippen LogP contribution in [0.15, 0.2) is 12.1 Å². The zero-order chi connectivity index (χ0) is 13.3. The van der Waals surface area contributed by atoms with Crippen molar-refractivity contribution >= 4 is 11.6 Å². The fourth-order valence-electron chi connectivity index (χ4n) is 2.85. The van der Waals surface area contributed by atoms with Gasteiger partial charge in [-0.05, 0) is 36.8 Å². The highest BCUT2D eigenvalue weighted by atomic mass is 35.5. The fraction of sp³-hybridized carbons (Fsp3) is 0.571. The Hall–Kier alpha value is -0.670. The maximum absolute atomic E-state index is 13.8. The summed E-state index contributed by atoms with van der Waals surface area (Å²) in [6.45, 7) is 2.18. The molecule has 2 rings (SSSR count). The van der Waals surface area contributed by atoms with Crippen LogP contribution >= 0.6 is 11.6 Å². The molecule has 1 aromatic rings. The maximum Gasteiger partial charge on any atom is 0.142 e. The highest BCUT2D eigenvalue weighted by Gasteiger charge is 2.27. The molecule has 0 spiro atoms. The van der Waals surface area contributed by atoms with Gasteiger partial charge >= 0.3 is 0 Å². The monoisotopic (exact) mass is 273 g/mol. The average molecular weight is 274 g/mol. The van der Waals surface area contributed by atoms with Gasteiger partial charge in [-0.25, -0.2) is 8.78 Å². The first-order valence-electron chi connectivity index (χ1n) is 6.39. The van der Waals surface area contributed by atoms with Crippen LogP contribution in [0.2, 0.25) is 5.02 Å². The third kappa shape index (κ3) is 2.83. The minimum atomic E-state index is -0.604. The summed E-state index contributed by atoms with van der Waals surface area (Å²) in [4.78, 5) is 0. The van der Waals surface area contributed by atoms with Crippen LogP contribution in [0.4, 0.5) is 8.78 Å². The Balaban J connectivity index is 2.22. The minimum Gasteiger partial charge on any atom is -0.324 e. The normalized spacial score (nSPS) is 26.1. The number of benzene rings is 1. The van der Waals surface area contributed by atoms with Crippen LogP contribution in [-0.4, -0.2) is 0 Å². The molecule has 0 bridgehead atoms. The summed E-state index contributed by atoms with van der Waals surface area (Å²) in [5.74, 6) is -0.279. The largest absolute Gasteiger partial charge is 0.324 e. The SMILES string of the molecule is CC1CCCC(C(N)c2cc(F)c(Cl)cc2F)C1. The van der Waals surface area contributed by atoms with E-state index in [0.717, 1.165) is 31.4 Å². The number of halogens is 3. The van der Waals surface area contributed by atoms with Crippen molar-refractivity contribution in [1.82, 2.24) is 0 Å². The van der Waals surface area contributed by atoms with E-state index in [2.05, 4.69) is 6.92 Å². The van der Waals surface area contributed by atoms with Crippen LogP contribution < -0.4 is 5.73 Å². The molecule has 100 valence electrons. The van der Waals surface area contributed by atoms with E-state index in [1.807, 2.05) is 0 Å². The molecule has 2 N–H and O–H groups in total. The summed E-state index contributed by atoms with van der Waals surface area (Å²) in [6.07, 6.45) is 4.26. The molecule has 0 radical (unpaired) electrons. The van der Waals surface area contributed by atoms with Gasteiger partial charge in [-0.3, -0.25) is 0 Å². The molecule has 4 heteroatoms. The second kappa shape index (κ2) is 5.54. The number of hydrogen-bond acceptors (Lipinski definition) is 1. The molecule has 18 heavy (non-hydrogen) atoms. The molecule has 1 saturated carbocycles. The molecule has 1 aliphatic rings. The third-order valence-electron chi connectivity index (χ3n) is 3.88. The Kier molecular flexibility index (Phi) is 4.23. The predicted octanol–water partition coefficient (Wildman–Crippen LogP) is 4.44. The molecule has 1 aromatic carbocycles. The Bertz CT molecular complexity index is 436. The van der Waals surface area contributed by atoms with Gasteiger partial charge in [0.1, 0.15) is 11.6 Å². The van der Waals surface area contributed by atoms with Crippen LogP contribution in [0, 0.1) is 23.5 Å². The average Bonchev–Trinajstić information content (AvgIpc) is 2.33. The summed E-state index contributed by atoms with van der Waals surface area (Å²) in [6, 6.07) is 1.71. The molecule has 0 heterocycles. The lowest BCUT2D eigenvalue weighted by molar-refractivity contribution is 0.245. The zero-order valence-corrected chi connectivity index (χ0v) is 11.2. The van der Waals surface area contributed by atoms with E-state index in [9.17, 15) is 8.78 Å². The van der Waals surface area contributed by atoms with Gasteiger partial charge in [0, 0.05) is 11.6 Å². The Labute approximate surface area is 111 Å². The summed E-state index contributed by atoms with van der Waals surface area (Å²) in [5, 5.41) is -0.194. The quantitative estimate of drug-likeness (QED) is 0.792. The van der Waals surface area contributed by atoms with E-state index in [4.69, 9.17) is 17.3 Å². The van der Waals surface area contributed by atoms with Crippen LogP contribution in [-0.2, 0) is 0 Å². The van der Waals surface area contributed by atoms with Gasteiger partial charge in [0.25, 0.3) is 0 Å². The van der Waals surface area contributed by atoms with Crippen molar-refractivity contribution in [2.45, 2.75) is 38.6 Å². The second-order valence-corrected chi connectivity index (χ2v) is 5.75. The van der Waals surface area contributed by atoms with Gasteiger partial charge < -0.3 is 5.73 Å². The molecular formula is C14H18ClF2N. The van der Waals surface area contributed by atoms with Gasteiger partial charge in [0.2, 0.25) is 0 Å². The summed E-state index contributed by atoms with van der Waals surface area (Å²) in [5.41, 5.74) is 6.35. The van der Waals surface area contributed by atoms with Crippen molar-refractivity contribution in [3.63, 3.8) is 0 Å². The number of rotatable bonds is 2. The molecule has 1 aliphatic carbocycles. The van der Waals surface area contributed by atoms with Crippen LogP contribution in [0.25, 0.3) is 0 Å². The Morgan fingerprint density at radius 1 is 1.28 bits per heavy atom. The van der Waals surface area contributed by atoms with Gasteiger partial charge in [0.05, 0.1) is 5.02 Å². The second-order valence-electron chi connectivity index (χ2n) is 5.35. The first-order chi connectivity index (χ1) is 8.49. The lowest BCUT2D eigenvalue weighted by Crippen LogP contribution is -2.27. The van der Waals surface area contributed by atoms with Gasteiger partial charge in [-0.2, -0.15) is 0 Å². The molecule has 0 aromatic heterocycles. The molecule has 3 unspecified atom stereocenters. The summed E-state index contributed by atoms with van der Waals surface area (Å²) >= 11 is 5.54. The Morgan fingerprint density at radius 2 is 2.00 bits per heavy atom. The van der Waals surface area contributed by atoms with Crippen molar-refractivity contribution in [1.29, 1.82) is 0 Å². The van der Waals surface area contributed by atoms with Gasteiger partial charge in [-0.1, -0.05) is 31.4 Å². The highest BCUT2D eigenvalue weighted by molar-refractivity contribution is 6.30. The smallest absolute Gasteiger partial charge is 0.142 e. The highest BCUT2D eigenvalue weighted by Crippen LogP contribution is 2.37. The lowest BCUT2D eigenvalue weighted by atomic mass is 9.77. The minimum absolute atomic E-state index is 0.194. The van der Waals surface area contributed by atoms with Crippen molar-refractivity contribution < 1.29 is 8.78 Å². The molecule has 0 aliphatic heterocycles. The van der Waals surface area contributed by atoms with E-state index in [1.54, 1.807) is 0 Å². The molecule has 0 saturated heterocycles. The topological polar surface area (TPSA) is 26.0 Å². The van der Waals surface area contributed by atoms with Crippen LogP contribution in [0.5, 0.6) is 0 Å².